The zero-order valence-electron chi connectivity index (χ0n) is 23.4. The minimum atomic E-state index is -0.919. The van der Waals surface area contributed by atoms with Crippen LogP contribution < -0.4 is 10.5 Å². The van der Waals surface area contributed by atoms with Gasteiger partial charge in [0, 0.05) is 42.9 Å². The molecular weight excluding hydrogens is 510 g/mol. The molecule has 216 valence electrons. The monoisotopic (exact) mass is 551 g/mol. The molecule has 1 aliphatic carbocycles. The van der Waals surface area contributed by atoms with E-state index in [9.17, 15) is 14.7 Å². The van der Waals surface area contributed by atoms with Gasteiger partial charge < -0.3 is 29.8 Å². The van der Waals surface area contributed by atoms with E-state index < -0.39 is 12.1 Å². The van der Waals surface area contributed by atoms with E-state index in [1.54, 1.807) is 12.1 Å². The van der Waals surface area contributed by atoms with Gasteiger partial charge in [0.15, 0.2) is 12.1 Å². The first-order chi connectivity index (χ1) is 19.3. The highest BCUT2D eigenvalue weighted by Gasteiger charge is 2.45. The Morgan fingerprint density at radius 3 is 2.38 bits per heavy atom. The fraction of sp³-hybridized carbons (Fsp3) is 0.562. The van der Waals surface area contributed by atoms with Gasteiger partial charge >= 0.3 is 5.97 Å². The Morgan fingerprint density at radius 1 is 1.07 bits per heavy atom. The van der Waals surface area contributed by atoms with Crippen molar-refractivity contribution in [3.63, 3.8) is 0 Å². The lowest BCUT2D eigenvalue weighted by atomic mass is 9.77. The summed E-state index contributed by atoms with van der Waals surface area (Å²) in [4.78, 5) is 25.3. The van der Waals surface area contributed by atoms with Gasteiger partial charge in [-0.3, -0.25) is 9.59 Å². The molecular formula is C32H41NO7. The van der Waals surface area contributed by atoms with E-state index in [1.807, 2.05) is 36.4 Å². The molecule has 3 aliphatic rings. The predicted octanol–water partition coefficient (Wildman–Crippen LogP) is 4.93. The van der Waals surface area contributed by atoms with Gasteiger partial charge in [0.05, 0.1) is 19.8 Å². The number of nitrogens with two attached hydrogens (primary N) is 1. The summed E-state index contributed by atoms with van der Waals surface area (Å²) in [5.74, 6) is -0.0970. The number of nitrogen functional groups attached to an aromatic ring is 1. The maximum atomic E-state index is 13.9. The molecule has 0 bridgehead atoms. The molecule has 3 N–H and O–H groups in total. The Bertz CT molecular complexity index is 1150. The van der Waals surface area contributed by atoms with Crippen LogP contribution in [0, 0.1) is 23.7 Å². The molecule has 2 aromatic rings. The van der Waals surface area contributed by atoms with Gasteiger partial charge in [0.25, 0.3) is 0 Å². The Balaban J connectivity index is 1.33. The Hall–Kier alpha value is -2.78. The topological polar surface area (TPSA) is 117 Å². The summed E-state index contributed by atoms with van der Waals surface area (Å²) in [5, 5.41) is 10.5. The molecule has 1 saturated carbocycles. The molecule has 8 nitrogen and oxygen atoms in total. The summed E-state index contributed by atoms with van der Waals surface area (Å²) < 4.78 is 23.1. The molecule has 5 atom stereocenters. The van der Waals surface area contributed by atoms with Crippen LogP contribution in [0.5, 0.6) is 5.75 Å². The van der Waals surface area contributed by atoms with Crippen LogP contribution in [0.2, 0.25) is 0 Å². The number of ether oxygens (including phenoxy) is 4. The molecule has 3 fully saturated rings. The Labute approximate surface area is 236 Å². The first-order valence-corrected chi connectivity index (χ1v) is 14.5. The number of rotatable bonds is 12. The van der Waals surface area contributed by atoms with Crippen molar-refractivity contribution in [1.29, 1.82) is 0 Å². The number of hydrogen-bond acceptors (Lipinski definition) is 8. The summed E-state index contributed by atoms with van der Waals surface area (Å²) in [6, 6.07) is 14.9. The fourth-order valence-electron chi connectivity index (χ4n) is 6.45. The van der Waals surface area contributed by atoms with Crippen LogP contribution in [0.1, 0.15) is 69.4 Å². The van der Waals surface area contributed by atoms with E-state index in [1.165, 1.54) is 19.8 Å². The van der Waals surface area contributed by atoms with E-state index in [0.717, 1.165) is 11.1 Å². The second-order valence-corrected chi connectivity index (χ2v) is 11.6. The van der Waals surface area contributed by atoms with E-state index in [4.69, 9.17) is 24.7 Å². The largest absolute Gasteiger partial charge is 0.427 e. The normalized spacial score (nSPS) is 25.4. The summed E-state index contributed by atoms with van der Waals surface area (Å²) in [6.45, 7) is 4.99. The van der Waals surface area contributed by atoms with Gasteiger partial charge in [-0.25, -0.2) is 0 Å². The predicted molar refractivity (Wildman–Crippen MR) is 149 cm³/mol. The van der Waals surface area contributed by atoms with E-state index in [-0.39, 0.29) is 29.5 Å². The maximum Gasteiger partial charge on any atom is 0.308 e. The van der Waals surface area contributed by atoms with Gasteiger partial charge in [-0.1, -0.05) is 31.2 Å². The number of anilines is 1. The smallest absolute Gasteiger partial charge is 0.308 e. The fourth-order valence-corrected chi connectivity index (χ4v) is 6.45. The molecule has 0 aromatic heterocycles. The molecule has 0 spiro atoms. The van der Waals surface area contributed by atoms with Crippen LogP contribution in [0.3, 0.4) is 0 Å². The van der Waals surface area contributed by atoms with E-state index >= 15 is 0 Å². The van der Waals surface area contributed by atoms with Gasteiger partial charge in [0.2, 0.25) is 0 Å². The van der Waals surface area contributed by atoms with Crippen molar-refractivity contribution in [3.8, 4) is 5.75 Å². The number of aliphatic hydroxyl groups excluding tert-OH is 1. The van der Waals surface area contributed by atoms with Crippen LogP contribution in [0.25, 0.3) is 0 Å². The lowest BCUT2D eigenvalue weighted by Gasteiger charge is -2.31. The van der Waals surface area contributed by atoms with Gasteiger partial charge in [-0.15, -0.1) is 0 Å². The molecule has 2 saturated heterocycles. The molecule has 8 heteroatoms. The highest BCUT2D eigenvalue weighted by molar-refractivity contribution is 5.82. The number of Topliss-reactive ketones (excluding diaryl/α,β-unsaturated/α-hetero) is 1. The van der Waals surface area contributed by atoms with Crippen molar-refractivity contribution in [3.05, 3.63) is 59.7 Å². The van der Waals surface area contributed by atoms with Gasteiger partial charge in [0.1, 0.15) is 11.5 Å². The summed E-state index contributed by atoms with van der Waals surface area (Å²) in [7, 11) is 0. The Kier molecular flexibility index (Phi) is 8.90. The van der Waals surface area contributed by atoms with Crippen molar-refractivity contribution in [1.82, 2.24) is 0 Å². The number of aliphatic hydroxyl groups is 1. The van der Waals surface area contributed by atoms with E-state index in [0.29, 0.717) is 68.8 Å². The molecule has 0 radical (unpaired) electrons. The third-order valence-electron chi connectivity index (χ3n) is 8.90. The minimum absolute atomic E-state index is 0.00182. The summed E-state index contributed by atoms with van der Waals surface area (Å²) in [5.41, 5.74) is 8.46. The molecule has 2 aromatic carbocycles. The molecule has 2 aliphatic heterocycles. The van der Waals surface area contributed by atoms with Crippen molar-refractivity contribution in [2.45, 2.75) is 70.4 Å². The second kappa shape index (κ2) is 12.4. The first-order valence-electron chi connectivity index (χ1n) is 14.5. The third-order valence-corrected chi connectivity index (χ3v) is 8.90. The molecule has 1 unspecified atom stereocenters. The lowest BCUT2D eigenvalue weighted by Crippen LogP contribution is -2.31. The number of ketones is 1. The Morgan fingerprint density at radius 2 is 1.75 bits per heavy atom. The molecule has 40 heavy (non-hydrogen) atoms. The molecule has 0 amide bonds. The maximum absolute atomic E-state index is 13.9. The van der Waals surface area contributed by atoms with Crippen LogP contribution in [0.4, 0.5) is 5.69 Å². The van der Waals surface area contributed by atoms with Crippen LogP contribution in [-0.4, -0.2) is 43.0 Å². The van der Waals surface area contributed by atoms with Crippen molar-refractivity contribution in [2.24, 2.45) is 23.7 Å². The number of hydrogen-bond donors (Lipinski definition) is 2. The highest BCUT2D eigenvalue weighted by Crippen LogP contribution is 2.47. The molecule has 5 rings (SSSR count). The lowest BCUT2D eigenvalue weighted by molar-refractivity contribution is -0.174. The van der Waals surface area contributed by atoms with Gasteiger partial charge in [-0.2, -0.15) is 0 Å². The summed E-state index contributed by atoms with van der Waals surface area (Å²) in [6.07, 6.45) is 3.65. The number of carbonyl (C=O) groups is 2. The zero-order chi connectivity index (χ0) is 28.3. The number of carbonyl (C=O) groups excluding carboxylic acids is 2. The van der Waals surface area contributed by atoms with Crippen molar-refractivity contribution >= 4 is 17.4 Å². The molecule has 2 heterocycles. The zero-order valence-corrected chi connectivity index (χ0v) is 23.4. The van der Waals surface area contributed by atoms with Crippen molar-refractivity contribution < 1.29 is 33.6 Å². The van der Waals surface area contributed by atoms with E-state index in [2.05, 4.69) is 6.92 Å². The highest BCUT2D eigenvalue weighted by atomic mass is 16.7. The van der Waals surface area contributed by atoms with Gasteiger partial charge in [-0.05, 0) is 73.3 Å². The first kappa shape index (κ1) is 28.7. The quantitative estimate of drug-likeness (QED) is 0.217. The average Bonchev–Trinajstić information content (AvgIpc) is 3.55. The minimum Gasteiger partial charge on any atom is -0.427 e. The number of esters is 1. The number of benzene rings is 2. The second-order valence-electron chi connectivity index (χ2n) is 11.6. The van der Waals surface area contributed by atoms with Crippen LogP contribution in [0.15, 0.2) is 48.5 Å². The third kappa shape index (κ3) is 6.57. The van der Waals surface area contributed by atoms with Crippen LogP contribution in [-0.2, 0) is 29.6 Å². The average molecular weight is 552 g/mol. The SMILES string of the molecule is CC(=O)Oc1ccc([C@@H](C)[C@@H](CCC2(c3ccc(N)cc3)OCCO2)C(=O)CCC2[C@@H](C3CC3)CO[C@@H]2O)cc1. The summed E-state index contributed by atoms with van der Waals surface area (Å²) >= 11 is 0. The van der Waals surface area contributed by atoms with Crippen molar-refractivity contribution in [2.75, 3.05) is 25.6 Å². The standard InChI is InChI=1S/C32H41NO7/c1-20(22-5-11-26(12-6-22)40-21(2)34)27(30(35)14-13-28-29(23-3-4-23)19-37-31(28)36)15-16-32(38-17-18-39-32)24-7-9-25(33)10-8-24/h5-12,20,23,27-29,31,36H,3-4,13-19,33H2,1-2H3/t20-,27-,28?,29-,31+/m1/s1. The van der Waals surface area contributed by atoms with Crippen LogP contribution >= 0.6 is 0 Å².